The lowest BCUT2D eigenvalue weighted by atomic mass is 9.41. The van der Waals surface area contributed by atoms with Crippen LogP contribution in [0.3, 0.4) is 0 Å². The molecule has 2 N–H and O–H groups in total. The molecule has 0 amide bonds. The monoisotopic (exact) mass is 350 g/mol. The summed E-state index contributed by atoms with van der Waals surface area (Å²) in [6.07, 6.45) is 1.96. The van der Waals surface area contributed by atoms with Crippen molar-refractivity contribution in [2.45, 2.75) is 77.6 Å². The number of fused-ring (bicyclic) bond motifs is 5. The summed E-state index contributed by atoms with van der Waals surface area (Å²) in [5.41, 5.74) is -1.68. The van der Waals surface area contributed by atoms with Crippen LogP contribution in [0.15, 0.2) is 0 Å². The summed E-state index contributed by atoms with van der Waals surface area (Å²) >= 11 is 0. The van der Waals surface area contributed by atoms with Crippen LogP contribution in [0.2, 0.25) is 0 Å². The minimum absolute atomic E-state index is 0.00970. The summed E-state index contributed by atoms with van der Waals surface area (Å²) in [5.74, 6) is -1.70. The Morgan fingerprint density at radius 1 is 1.12 bits per heavy atom. The third-order valence-electron chi connectivity index (χ3n) is 8.34. The van der Waals surface area contributed by atoms with Crippen LogP contribution in [-0.4, -0.2) is 39.8 Å². The van der Waals surface area contributed by atoms with Crippen molar-refractivity contribution in [1.82, 2.24) is 0 Å². The van der Waals surface area contributed by atoms with Gasteiger partial charge in [0.1, 0.15) is 17.5 Å². The van der Waals surface area contributed by atoms with E-state index in [-0.39, 0.29) is 34.9 Å². The molecule has 140 valence electrons. The van der Waals surface area contributed by atoms with Crippen molar-refractivity contribution in [2.75, 3.05) is 0 Å². The molecule has 0 radical (unpaired) electrons. The molecule has 0 bridgehead atoms. The number of esters is 1. The topological polar surface area (TPSA) is 83.8 Å². The minimum Gasteiger partial charge on any atom is -0.458 e. The molecule has 3 saturated carbocycles. The van der Waals surface area contributed by atoms with Crippen LogP contribution < -0.4 is 0 Å². The maximum atomic E-state index is 12.9. The summed E-state index contributed by atoms with van der Waals surface area (Å²) in [5, 5.41) is 22.7. The lowest BCUT2D eigenvalue weighted by Gasteiger charge is -2.65. The van der Waals surface area contributed by atoms with Gasteiger partial charge >= 0.3 is 5.97 Å². The van der Waals surface area contributed by atoms with Crippen LogP contribution in [0.5, 0.6) is 0 Å². The average molecular weight is 350 g/mol. The van der Waals surface area contributed by atoms with Crippen molar-refractivity contribution in [3.8, 4) is 0 Å². The zero-order valence-electron chi connectivity index (χ0n) is 15.6. The van der Waals surface area contributed by atoms with Gasteiger partial charge in [-0.1, -0.05) is 34.1 Å². The normalized spacial score (nSPS) is 54.3. The molecule has 3 aliphatic carbocycles. The van der Waals surface area contributed by atoms with Gasteiger partial charge in [0.2, 0.25) is 0 Å². The molecule has 5 nitrogen and oxygen atoms in total. The van der Waals surface area contributed by atoms with E-state index >= 15 is 0 Å². The highest BCUT2D eigenvalue weighted by atomic mass is 16.6. The van der Waals surface area contributed by atoms with Gasteiger partial charge in [-0.2, -0.15) is 0 Å². The van der Waals surface area contributed by atoms with E-state index in [0.29, 0.717) is 6.42 Å². The lowest BCUT2D eigenvalue weighted by Crippen LogP contribution is -2.72. The number of carbonyl (C=O) groups is 2. The Kier molecular flexibility index (Phi) is 3.54. The first-order chi connectivity index (χ1) is 11.5. The van der Waals surface area contributed by atoms with E-state index < -0.39 is 35.6 Å². The number of hydrogen-bond acceptors (Lipinski definition) is 5. The van der Waals surface area contributed by atoms with Crippen molar-refractivity contribution in [1.29, 1.82) is 0 Å². The molecule has 0 aromatic carbocycles. The number of aliphatic hydroxyl groups excluding tert-OH is 1. The first-order valence-electron chi connectivity index (χ1n) is 9.67. The Balaban J connectivity index is 1.81. The Bertz CT molecular complexity index is 628. The van der Waals surface area contributed by atoms with Crippen LogP contribution >= 0.6 is 0 Å². The Labute approximate surface area is 149 Å². The van der Waals surface area contributed by atoms with Gasteiger partial charge in [-0.25, -0.2) is 0 Å². The molecule has 5 heteroatoms. The highest BCUT2D eigenvalue weighted by Gasteiger charge is 2.72. The van der Waals surface area contributed by atoms with E-state index in [1.54, 1.807) is 6.92 Å². The molecule has 8 unspecified atom stereocenters. The highest BCUT2D eigenvalue weighted by Crippen LogP contribution is 2.66. The molecule has 1 heterocycles. The van der Waals surface area contributed by atoms with Gasteiger partial charge in [0.05, 0.1) is 17.9 Å². The standard InChI is InChI=1S/C20H30O5/c1-10-15-11(21)8-13-19(4)7-5-6-18(2,3)12(19)9-14(22)20(13,24)16(15)25-17(10)23/h10,12-16,22,24H,5-9H2,1-4H3. The molecule has 1 saturated heterocycles. The third-order valence-corrected chi connectivity index (χ3v) is 8.34. The molecule has 25 heavy (non-hydrogen) atoms. The summed E-state index contributed by atoms with van der Waals surface area (Å²) < 4.78 is 5.50. The summed E-state index contributed by atoms with van der Waals surface area (Å²) in [7, 11) is 0. The molecular formula is C20H30O5. The quantitative estimate of drug-likeness (QED) is 0.654. The summed E-state index contributed by atoms with van der Waals surface area (Å²) in [6.45, 7) is 8.33. The summed E-state index contributed by atoms with van der Waals surface area (Å²) in [6, 6.07) is 0. The molecule has 0 aromatic rings. The molecule has 4 rings (SSSR count). The average Bonchev–Trinajstić information content (AvgIpc) is 2.82. The SMILES string of the molecule is CC1C(=O)OC2C1C(=O)CC1C3(C)CCCC(C)(C)C3CC(O)C21O. The Hall–Kier alpha value is -0.940. The molecule has 0 aromatic heterocycles. The van der Waals surface area contributed by atoms with E-state index in [2.05, 4.69) is 20.8 Å². The van der Waals surface area contributed by atoms with Crippen molar-refractivity contribution in [3.05, 3.63) is 0 Å². The fourth-order valence-electron chi connectivity index (χ4n) is 7.01. The number of ketones is 1. The number of hydrogen-bond donors (Lipinski definition) is 2. The summed E-state index contributed by atoms with van der Waals surface area (Å²) in [4.78, 5) is 25.0. The molecule has 4 aliphatic rings. The van der Waals surface area contributed by atoms with Gasteiger partial charge in [-0.05, 0) is 36.0 Å². The molecule has 1 aliphatic heterocycles. The fourth-order valence-corrected chi connectivity index (χ4v) is 7.01. The van der Waals surface area contributed by atoms with Crippen LogP contribution in [0, 0.1) is 34.5 Å². The van der Waals surface area contributed by atoms with Crippen LogP contribution in [0.4, 0.5) is 0 Å². The van der Waals surface area contributed by atoms with Crippen LogP contribution in [-0.2, 0) is 14.3 Å². The maximum Gasteiger partial charge on any atom is 0.309 e. The zero-order chi connectivity index (χ0) is 18.4. The predicted octanol–water partition coefficient (Wildman–Crippen LogP) is 2.08. The smallest absolute Gasteiger partial charge is 0.309 e. The largest absolute Gasteiger partial charge is 0.458 e. The van der Waals surface area contributed by atoms with E-state index in [4.69, 9.17) is 4.74 Å². The van der Waals surface area contributed by atoms with E-state index in [1.807, 2.05) is 0 Å². The molecule has 0 spiro atoms. The third kappa shape index (κ3) is 2.03. The van der Waals surface area contributed by atoms with Crippen LogP contribution in [0.1, 0.15) is 59.8 Å². The van der Waals surface area contributed by atoms with Crippen LogP contribution in [0.25, 0.3) is 0 Å². The van der Waals surface area contributed by atoms with Crippen molar-refractivity contribution >= 4 is 11.8 Å². The van der Waals surface area contributed by atoms with Gasteiger partial charge in [0.15, 0.2) is 0 Å². The van der Waals surface area contributed by atoms with Gasteiger partial charge in [0, 0.05) is 12.3 Å². The van der Waals surface area contributed by atoms with Crippen molar-refractivity contribution in [2.24, 2.45) is 34.5 Å². The first-order valence-corrected chi connectivity index (χ1v) is 9.67. The predicted molar refractivity (Wildman–Crippen MR) is 90.5 cm³/mol. The van der Waals surface area contributed by atoms with Crippen molar-refractivity contribution in [3.63, 3.8) is 0 Å². The van der Waals surface area contributed by atoms with Crippen molar-refractivity contribution < 1.29 is 24.5 Å². The number of carbonyl (C=O) groups excluding carboxylic acids is 2. The van der Waals surface area contributed by atoms with E-state index in [1.165, 1.54) is 0 Å². The Morgan fingerprint density at radius 3 is 2.48 bits per heavy atom. The maximum absolute atomic E-state index is 12.9. The second-order valence-electron chi connectivity index (χ2n) is 9.93. The van der Waals surface area contributed by atoms with Gasteiger partial charge in [-0.15, -0.1) is 0 Å². The number of Topliss-reactive ketones (excluding diaryl/α,β-unsaturated/α-hetero) is 1. The molecular weight excluding hydrogens is 320 g/mol. The molecule has 8 atom stereocenters. The molecule has 4 fully saturated rings. The van der Waals surface area contributed by atoms with Gasteiger partial charge in [0.25, 0.3) is 0 Å². The van der Waals surface area contributed by atoms with Gasteiger partial charge in [-0.3, -0.25) is 9.59 Å². The van der Waals surface area contributed by atoms with E-state index in [9.17, 15) is 19.8 Å². The van der Waals surface area contributed by atoms with Gasteiger partial charge < -0.3 is 14.9 Å². The number of rotatable bonds is 0. The number of aliphatic hydroxyl groups is 2. The highest BCUT2D eigenvalue weighted by molar-refractivity contribution is 5.91. The lowest BCUT2D eigenvalue weighted by molar-refractivity contribution is -0.272. The fraction of sp³-hybridized carbons (Fsp3) is 0.900. The zero-order valence-corrected chi connectivity index (χ0v) is 15.6. The first kappa shape index (κ1) is 17.5. The second-order valence-corrected chi connectivity index (χ2v) is 9.93. The minimum atomic E-state index is -1.52. The second kappa shape index (κ2) is 5.07. The number of ether oxygens (including phenoxy) is 1. The Morgan fingerprint density at radius 2 is 1.80 bits per heavy atom. The van der Waals surface area contributed by atoms with E-state index in [0.717, 1.165) is 19.3 Å².